The van der Waals surface area contributed by atoms with Gasteiger partial charge in [0.1, 0.15) is 17.6 Å². The molecule has 2 saturated heterocycles. The molecule has 14 heteroatoms. The molecule has 8 nitrogen and oxygen atoms in total. The molecule has 2 aliphatic heterocycles. The molecule has 0 spiro atoms. The second kappa shape index (κ2) is 10.2. The van der Waals surface area contributed by atoms with Crippen molar-refractivity contribution in [1.29, 1.82) is 0 Å². The normalized spacial score (nSPS) is 26.6. The first-order valence-electron chi connectivity index (χ1n) is 13.4. The van der Waals surface area contributed by atoms with E-state index in [2.05, 4.69) is 20.6 Å². The molecule has 2 saturated carbocycles. The summed E-state index contributed by atoms with van der Waals surface area (Å²) < 4.78 is 69.3. The second-order valence-corrected chi connectivity index (χ2v) is 12.1. The van der Waals surface area contributed by atoms with Crippen LogP contribution in [-0.4, -0.2) is 68.2 Å². The summed E-state index contributed by atoms with van der Waals surface area (Å²) in [5.41, 5.74) is -0.899. The Bertz CT molecular complexity index is 1290. The molecule has 2 amide bonds. The van der Waals surface area contributed by atoms with Crippen LogP contribution in [0, 0.1) is 5.92 Å². The van der Waals surface area contributed by atoms with Crippen LogP contribution in [-0.2, 0) is 0 Å². The van der Waals surface area contributed by atoms with Crippen LogP contribution < -0.4 is 10.6 Å². The van der Waals surface area contributed by atoms with E-state index in [4.69, 9.17) is 0 Å². The maximum atomic E-state index is 14.3. The largest absolute Gasteiger partial charge is 0.408 e. The molecule has 3 N–H and O–H groups in total. The minimum Gasteiger partial charge on any atom is -0.393 e. The number of rotatable bonds is 8. The van der Waals surface area contributed by atoms with Crippen molar-refractivity contribution in [1.82, 2.24) is 20.2 Å². The number of nitrogens with zero attached hydrogens (tertiary/aromatic N) is 3. The molecule has 4 aliphatic rings. The van der Waals surface area contributed by atoms with Crippen molar-refractivity contribution in [3.63, 3.8) is 0 Å². The molecule has 1 atom stereocenters. The number of aromatic nitrogens is 2. The number of carbonyl (C=O) groups is 2. The van der Waals surface area contributed by atoms with Crippen molar-refractivity contribution in [2.24, 2.45) is 5.92 Å². The fourth-order valence-corrected chi connectivity index (χ4v) is 7.03. The van der Waals surface area contributed by atoms with E-state index >= 15 is 0 Å². The topological polar surface area (TPSA) is 107 Å². The van der Waals surface area contributed by atoms with E-state index in [0.29, 0.717) is 25.7 Å². The molecule has 2 aromatic rings. The summed E-state index contributed by atoms with van der Waals surface area (Å²) in [6, 6.07) is -1.25. The van der Waals surface area contributed by atoms with E-state index in [1.54, 1.807) is 4.90 Å². The zero-order valence-electron chi connectivity index (χ0n) is 21.3. The number of pyridine rings is 1. The number of aliphatic hydroxyl groups excluding tert-OH is 1. The lowest BCUT2D eigenvalue weighted by molar-refractivity contribution is -0.146. The van der Waals surface area contributed by atoms with E-state index in [1.807, 2.05) is 0 Å². The zero-order valence-corrected chi connectivity index (χ0v) is 22.1. The van der Waals surface area contributed by atoms with Crippen LogP contribution in [0.25, 0.3) is 10.4 Å². The number of aliphatic hydroxyl groups is 1. The summed E-state index contributed by atoms with van der Waals surface area (Å²) in [5, 5.41) is 14.4. The third kappa shape index (κ3) is 5.15. The molecule has 4 fully saturated rings. The Labute approximate surface area is 230 Å². The SMILES string of the molecule is O=C(N[C@H]1C[C@H](O)C1)c1nc(C(=O)N2[C@H]3CC[C@H]2CC3)c(-c2cnc(N[C@@H](C3CC3)C(F)(F)F)cc2C(F)F)s1. The second-order valence-electron chi connectivity index (χ2n) is 11.1. The van der Waals surface area contributed by atoms with Gasteiger partial charge in [0.15, 0.2) is 5.01 Å². The predicted octanol–water partition coefficient (Wildman–Crippen LogP) is 4.92. The van der Waals surface area contributed by atoms with Gasteiger partial charge in [0, 0.05) is 35.4 Å². The standard InChI is InChI=1S/C26H28F5N5O3S/c27-22(28)16-9-18(34-21(11-1-2-11)26(29,30)31)32-10-17(16)20-19(25(39)36-13-3-4-14(36)6-5-13)35-24(40-20)23(38)33-12-7-15(37)8-12/h9-15,21-22,37H,1-8H2,(H,32,34)(H,33,38)/t12-,13-,14-,15-,21-/m0/s1. The van der Waals surface area contributed by atoms with E-state index in [0.717, 1.165) is 49.3 Å². The minimum atomic E-state index is -4.57. The van der Waals surface area contributed by atoms with Crippen molar-refractivity contribution in [2.45, 2.75) is 94.2 Å². The molecular formula is C26H28F5N5O3S. The molecule has 2 aliphatic carbocycles. The Hall–Kier alpha value is -2.87. The van der Waals surface area contributed by atoms with Crippen LogP contribution in [0.2, 0.25) is 0 Å². The number of hydrogen-bond acceptors (Lipinski definition) is 7. The fraction of sp³-hybridized carbons (Fsp3) is 0.615. The number of thiazole rings is 1. The summed E-state index contributed by atoms with van der Waals surface area (Å²) in [6.45, 7) is 0. The van der Waals surface area contributed by atoms with Gasteiger partial charge in [-0.2, -0.15) is 13.2 Å². The van der Waals surface area contributed by atoms with Crippen LogP contribution >= 0.6 is 11.3 Å². The number of halogens is 5. The molecule has 216 valence electrons. The minimum absolute atomic E-state index is 0.0155. The highest BCUT2D eigenvalue weighted by atomic mass is 32.1. The number of anilines is 1. The van der Waals surface area contributed by atoms with Gasteiger partial charge in [-0.15, -0.1) is 11.3 Å². The smallest absolute Gasteiger partial charge is 0.393 e. The van der Waals surface area contributed by atoms with Crippen LogP contribution in [0.5, 0.6) is 0 Å². The lowest BCUT2D eigenvalue weighted by Crippen LogP contribution is -2.46. The lowest BCUT2D eigenvalue weighted by Gasteiger charge is -2.31. The van der Waals surface area contributed by atoms with Gasteiger partial charge in [0.05, 0.1) is 11.0 Å². The van der Waals surface area contributed by atoms with Crippen molar-refractivity contribution in [3.05, 3.63) is 28.5 Å². The van der Waals surface area contributed by atoms with Gasteiger partial charge in [-0.25, -0.2) is 18.7 Å². The van der Waals surface area contributed by atoms with Crippen LogP contribution in [0.15, 0.2) is 12.3 Å². The average molecular weight is 586 g/mol. The number of amides is 2. The Morgan fingerprint density at radius 3 is 2.27 bits per heavy atom. The van der Waals surface area contributed by atoms with Gasteiger partial charge >= 0.3 is 6.18 Å². The first-order valence-corrected chi connectivity index (χ1v) is 14.3. The van der Waals surface area contributed by atoms with Crippen LogP contribution in [0.4, 0.5) is 27.8 Å². The highest BCUT2D eigenvalue weighted by Gasteiger charge is 2.49. The lowest BCUT2D eigenvalue weighted by atomic mass is 9.89. The van der Waals surface area contributed by atoms with Crippen LogP contribution in [0.1, 0.15) is 83.6 Å². The third-order valence-electron chi connectivity index (χ3n) is 8.33. The first kappa shape index (κ1) is 27.3. The molecule has 4 heterocycles. The number of alkyl halides is 5. The zero-order chi connectivity index (χ0) is 28.3. The molecule has 0 unspecified atom stereocenters. The number of carbonyl (C=O) groups excluding carboxylic acids is 2. The summed E-state index contributed by atoms with van der Waals surface area (Å²) in [5.74, 6) is -2.03. The highest BCUT2D eigenvalue weighted by molar-refractivity contribution is 7.17. The monoisotopic (exact) mass is 585 g/mol. The van der Waals surface area contributed by atoms with Gasteiger partial charge in [0.25, 0.3) is 18.2 Å². The van der Waals surface area contributed by atoms with Gasteiger partial charge in [-0.05, 0) is 63.4 Å². The van der Waals surface area contributed by atoms with Crippen molar-refractivity contribution in [2.75, 3.05) is 5.32 Å². The number of fused-ring (bicyclic) bond motifs is 2. The van der Waals surface area contributed by atoms with E-state index in [9.17, 15) is 36.6 Å². The first-order chi connectivity index (χ1) is 19.0. The van der Waals surface area contributed by atoms with Gasteiger partial charge in [-0.3, -0.25) is 9.59 Å². The molecule has 2 bridgehead atoms. The Kier molecular flexibility index (Phi) is 6.96. The molecule has 0 radical (unpaired) electrons. The van der Waals surface area contributed by atoms with E-state index < -0.39 is 48.0 Å². The maximum Gasteiger partial charge on any atom is 0.408 e. The molecule has 2 aromatic heterocycles. The number of nitrogens with one attached hydrogen (secondary N) is 2. The maximum absolute atomic E-state index is 14.3. The molecule has 40 heavy (non-hydrogen) atoms. The molecule has 0 aromatic carbocycles. The average Bonchev–Trinajstić information content (AvgIpc) is 3.31. The number of hydrogen-bond donors (Lipinski definition) is 3. The molecular weight excluding hydrogens is 557 g/mol. The third-order valence-corrected chi connectivity index (χ3v) is 9.41. The van der Waals surface area contributed by atoms with Crippen LogP contribution in [0.3, 0.4) is 0 Å². The quantitative estimate of drug-likeness (QED) is 0.380. The highest BCUT2D eigenvalue weighted by Crippen LogP contribution is 2.44. The molecule has 6 rings (SSSR count). The van der Waals surface area contributed by atoms with Gasteiger partial charge < -0.3 is 20.6 Å². The summed E-state index contributed by atoms with van der Waals surface area (Å²) >= 11 is 0.772. The van der Waals surface area contributed by atoms with Gasteiger partial charge in [-0.1, -0.05) is 0 Å². The fourth-order valence-electron chi connectivity index (χ4n) is 6.04. The summed E-state index contributed by atoms with van der Waals surface area (Å²) in [6.07, 6.45) is -2.31. The van der Waals surface area contributed by atoms with Crippen molar-refractivity contribution in [3.8, 4) is 10.4 Å². The Balaban J connectivity index is 1.36. The predicted molar refractivity (Wildman–Crippen MR) is 135 cm³/mol. The summed E-state index contributed by atoms with van der Waals surface area (Å²) in [7, 11) is 0. The Morgan fingerprint density at radius 1 is 1.07 bits per heavy atom. The van der Waals surface area contributed by atoms with E-state index in [-0.39, 0.29) is 45.1 Å². The van der Waals surface area contributed by atoms with Crippen molar-refractivity contribution < 1.29 is 36.6 Å². The summed E-state index contributed by atoms with van der Waals surface area (Å²) in [4.78, 5) is 36.7. The van der Waals surface area contributed by atoms with E-state index in [1.165, 1.54) is 0 Å². The van der Waals surface area contributed by atoms with Gasteiger partial charge in [0.2, 0.25) is 0 Å². The van der Waals surface area contributed by atoms with Crippen molar-refractivity contribution >= 4 is 29.0 Å². The Morgan fingerprint density at radius 2 is 1.73 bits per heavy atom.